The summed E-state index contributed by atoms with van der Waals surface area (Å²) in [6.45, 7) is 7.37. The molecule has 3 aromatic heterocycles. The molecule has 1 saturated heterocycles. The van der Waals surface area contributed by atoms with Crippen molar-refractivity contribution in [1.29, 1.82) is 0 Å². The second kappa shape index (κ2) is 9.88. The summed E-state index contributed by atoms with van der Waals surface area (Å²) in [7, 11) is 0. The van der Waals surface area contributed by atoms with Crippen molar-refractivity contribution in [3.05, 3.63) is 65.5 Å². The molecule has 0 spiro atoms. The molecule has 0 aliphatic carbocycles. The Morgan fingerprint density at radius 3 is 2.83 bits per heavy atom. The normalized spacial score (nSPS) is 15.4. The Hall–Kier alpha value is -4.08. The van der Waals surface area contributed by atoms with Crippen LogP contribution in [0.3, 0.4) is 0 Å². The number of ether oxygens (including phenoxy) is 1. The smallest absolute Gasteiger partial charge is 0.226 e. The third kappa shape index (κ3) is 4.58. The number of nitrogens with one attached hydrogen (secondary N) is 1. The Bertz CT molecular complexity index is 1410. The number of carbonyl (C=O) groups is 1. The first-order valence-electron chi connectivity index (χ1n) is 12.0. The molecule has 9 nitrogen and oxygen atoms in total. The number of hydrogen-bond acceptors (Lipinski definition) is 7. The number of aromatic nitrogens is 5. The van der Waals surface area contributed by atoms with Crippen molar-refractivity contribution in [2.75, 3.05) is 24.6 Å². The van der Waals surface area contributed by atoms with Gasteiger partial charge in [0.15, 0.2) is 11.6 Å². The average Bonchev–Trinajstić information content (AvgIpc) is 3.45. The van der Waals surface area contributed by atoms with Crippen LogP contribution in [0.5, 0.6) is 5.75 Å². The fraction of sp³-hybridized carbons (Fsp3) is 0.346. The maximum Gasteiger partial charge on any atom is 0.226 e. The highest BCUT2D eigenvalue weighted by Gasteiger charge is 2.29. The van der Waals surface area contributed by atoms with E-state index in [9.17, 15) is 9.18 Å². The van der Waals surface area contributed by atoms with Crippen LogP contribution in [0.1, 0.15) is 30.4 Å². The Kier molecular flexibility index (Phi) is 6.49. The Morgan fingerprint density at radius 2 is 2.08 bits per heavy atom. The molecule has 5 rings (SSSR count). The Labute approximate surface area is 208 Å². The minimum absolute atomic E-state index is 0.0221. The summed E-state index contributed by atoms with van der Waals surface area (Å²) in [6.07, 6.45) is 2.70. The highest BCUT2D eigenvalue weighted by atomic mass is 19.1. The van der Waals surface area contributed by atoms with Gasteiger partial charge in [0, 0.05) is 37.1 Å². The van der Waals surface area contributed by atoms with E-state index in [1.54, 1.807) is 23.0 Å². The molecule has 10 heteroatoms. The van der Waals surface area contributed by atoms with Crippen LogP contribution in [0.2, 0.25) is 0 Å². The van der Waals surface area contributed by atoms with Gasteiger partial charge < -0.3 is 15.0 Å². The highest BCUT2D eigenvalue weighted by molar-refractivity contribution is 5.92. The van der Waals surface area contributed by atoms with Crippen molar-refractivity contribution in [1.82, 2.24) is 30.3 Å². The molecule has 1 aliphatic heterocycles. The largest absolute Gasteiger partial charge is 0.494 e. The molecule has 0 unspecified atom stereocenters. The molecule has 0 saturated carbocycles. The van der Waals surface area contributed by atoms with E-state index in [-0.39, 0.29) is 18.4 Å². The van der Waals surface area contributed by atoms with Gasteiger partial charge in [-0.3, -0.25) is 9.78 Å². The number of hydrogen-bond donors (Lipinski definition) is 1. The van der Waals surface area contributed by atoms with Crippen LogP contribution in [-0.2, 0) is 11.2 Å². The molecule has 0 bridgehead atoms. The zero-order valence-corrected chi connectivity index (χ0v) is 20.5. The molecule has 1 aliphatic rings. The number of carbonyl (C=O) groups excluding carboxylic acids is 1. The maximum atomic E-state index is 15.0. The molecule has 4 aromatic rings. The molecule has 1 N–H and O–H groups in total. The van der Waals surface area contributed by atoms with Gasteiger partial charge in [-0.05, 0) is 51.5 Å². The van der Waals surface area contributed by atoms with E-state index in [2.05, 4.69) is 25.4 Å². The molecule has 1 amide bonds. The predicted molar refractivity (Wildman–Crippen MR) is 134 cm³/mol. The Morgan fingerprint density at radius 1 is 1.22 bits per heavy atom. The summed E-state index contributed by atoms with van der Waals surface area (Å²) in [5, 5.41) is 17.5. The summed E-state index contributed by atoms with van der Waals surface area (Å²) in [4.78, 5) is 18.8. The summed E-state index contributed by atoms with van der Waals surface area (Å²) >= 11 is 0. The summed E-state index contributed by atoms with van der Waals surface area (Å²) < 4.78 is 22.0. The zero-order valence-electron chi connectivity index (χ0n) is 20.5. The van der Waals surface area contributed by atoms with E-state index >= 15 is 0 Å². The first-order chi connectivity index (χ1) is 17.4. The van der Waals surface area contributed by atoms with Crippen LogP contribution < -0.4 is 15.0 Å². The monoisotopic (exact) mass is 489 g/mol. The predicted octanol–water partition coefficient (Wildman–Crippen LogP) is 3.30. The van der Waals surface area contributed by atoms with Crippen molar-refractivity contribution in [2.45, 2.75) is 39.7 Å². The van der Waals surface area contributed by atoms with E-state index in [0.717, 1.165) is 28.9 Å². The SMILES string of the molecule is CCOc1ccc(-n2nc3c(N4CC[C@H](NC(=O)Cc5ccccn5)C4)nnc(C)c3c2C)c(F)c1. The van der Waals surface area contributed by atoms with Crippen molar-refractivity contribution in [3.8, 4) is 11.4 Å². The lowest BCUT2D eigenvalue weighted by Gasteiger charge is -2.18. The minimum atomic E-state index is -0.422. The van der Waals surface area contributed by atoms with Gasteiger partial charge in [-0.25, -0.2) is 9.07 Å². The van der Waals surface area contributed by atoms with Crippen molar-refractivity contribution in [3.63, 3.8) is 0 Å². The summed E-state index contributed by atoms with van der Waals surface area (Å²) in [5.41, 5.74) is 3.23. The van der Waals surface area contributed by atoms with Crippen LogP contribution in [0.4, 0.5) is 10.2 Å². The lowest BCUT2D eigenvalue weighted by molar-refractivity contribution is -0.121. The first kappa shape index (κ1) is 23.7. The molecular weight excluding hydrogens is 461 g/mol. The van der Waals surface area contributed by atoms with Crippen molar-refractivity contribution >= 4 is 22.6 Å². The van der Waals surface area contributed by atoms with Crippen LogP contribution in [0, 0.1) is 19.7 Å². The number of fused-ring (bicyclic) bond motifs is 1. The van der Waals surface area contributed by atoms with Gasteiger partial charge in [-0.1, -0.05) is 6.07 Å². The second-order valence-corrected chi connectivity index (χ2v) is 8.87. The quantitative estimate of drug-likeness (QED) is 0.425. The molecular formula is C26H28FN7O2. The first-order valence-corrected chi connectivity index (χ1v) is 12.0. The number of halogens is 1. The number of pyridine rings is 1. The average molecular weight is 490 g/mol. The lowest BCUT2D eigenvalue weighted by atomic mass is 10.2. The summed E-state index contributed by atoms with van der Waals surface area (Å²) in [6, 6.07) is 10.3. The second-order valence-electron chi connectivity index (χ2n) is 8.87. The topological polar surface area (TPSA) is 98.1 Å². The number of nitrogens with zero attached hydrogens (tertiary/aromatic N) is 6. The molecule has 1 aromatic carbocycles. The van der Waals surface area contributed by atoms with Crippen LogP contribution in [-0.4, -0.2) is 56.6 Å². The van der Waals surface area contributed by atoms with Gasteiger partial charge in [-0.15, -0.1) is 5.10 Å². The van der Waals surface area contributed by atoms with Crippen LogP contribution >= 0.6 is 0 Å². The number of amides is 1. The standard InChI is InChI=1S/C26H28FN7O2/c1-4-36-20-8-9-22(21(27)14-20)34-17(3)24-16(2)30-31-26(25(24)32-34)33-12-10-19(15-33)29-23(35)13-18-7-5-6-11-28-18/h5-9,11,14,19H,4,10,12-13,15H2,1-3H3,(H,29,35)/t19-/m0/s1. The zero-order chi connectivity index (χ0) is 25.2. The third-order valence-electron chi connectivity index (χ3n) is 6.36. The molecule has 0 radical (unpaired) electrons. The van der Waals surface area contributed by atoms with Gasteiger partial charge >= 0.3 is 0 Å². The molecule has 36 heavy (non-hydrogen) atoms. The lowest BCUT2D eigenvalue weighted by Crippen LogP contribution is -2.38. The fourth-order valence-electron chi connectivity index (χ4n) is 4.69. The van der Waals surface area contributed by atoms with Crippen molar-refractivity contribution in [2.24, 2.45) is 0 Å². The number of aryl methyl sites for hydroxylation is 2. The fourth-order valence-corrected chi connectivity index (χ4v) is 4.69. The number of anilines is 1. The van der Waals surface area contributed by atoms with Gasteiger partial charge in [0.2, 0.25) is 5.91 Å². The van der Waals surface area contributed by atoms with Gasteiger partial charge in [0.25, 0.3) is 0 Å². The number of benzene rings is 1. The van der Waals surface area contributed by atoms with Crippen LogP contribution in [0.25, 0.3) is 16.6 Å². The van der Waals surface area contributed by atoms with Gasteiger partial charge in [-0.2, -0.15) is 10.2 Å². The van der Waals surface area contributed by atoms with Gasteiger partial charge in [0.05, 0.1) is 29.8 Å². The van der Waals surface area contributed by atoms with E-state index in [0.29, 0.717) is 42.5 Å². The highest BCUT2D eigenvalue weighted by Crippen LogP contribution is 2.32. The molecule has 1 fully saturated rings. The van der Waals surface area contributed by atoms with Crippen molar-refractivity contribution < 1.29 is 13.9 Å². The van der Waals surface area contributed by atoms with E-state index in [1.807, 2.05) is 39.0 Å². The van der Waals surface area contributed by atoms with Crippen LogP contribution in [0.15, 0.2) is 42.6 Å². The van der Waals surface area contributed by atoms with Gasteiger partial charge in [0.1, 0.15) is 17.0 Å². The molecule has 186 valence electrons. The van der Waals surface area contributed by atoms with E-state index in [4.69, 9.17) is 9.84 Å². The summed E-state index contributed by atoms with van der Waals surface area (Å²) in [5.74, 6) is 0.618. The van der Waals surface area contributed by atoms with E-state index in [1.165, 1.54) is 6.07 Å². The molecule has 4 heterocycles. The molecule has 1 atom stereocenters. The third-order valence-corrected chi connectivity index (χ3v) is 6.36. The minimum Gasteiger partial charge on any atom is -0.494 e. The number of rotatable bonds is 7. The van der Waals surface area contributed by atoms with E-state index < -0.39 is 5.82 Å². The maximum absolute atomic E-state index is 15.0. The Balaban J connectivity index is 1.39.